The van der Waals surface area contributed by atoms with E-state index in [0.717, 1.165) is 21.2 Å². The Hall–Kier alpha value is -1.000. The second-order valence-corrected chi connectivity index (χ2v) is 5.41. The molecule has 0 atom stereocenters. The minimum absolute atomic E-state index is 0. The van der Waals surface area contributed by atoms with Crippen LogP contribution >= 0.6 is 15.9 Å². The van der Waals surface area contributed by atoms with Crippen molar-refractivity contribution in [1.29, 1.82) is 0 Å². The molecule has 0 N–H and O–H groups in total. The van der Waals surface area contributed by atoms with Crippen molar-refractivity contribution >= 4 is 21.7 Å². The number of carbonyl (C=O) groups is 1. The topological polar surface area (TPSA) is 20.9 Å². The van der Waals surface area contributed by atoms with Gasteiger partial charge in [-0.1, -0.05) is 17.2 Å². The Morgan fingerprint density at radius 3 is 2.42 bits per heavy atom. The number of carbonyl (C=O) groups excluding carboxylic acids is 1. The van der Waals surface area contributed by atoms with Crippen molar-refractivity contribution in [3.8, 4) is 0 Å². The summed E-state index contributed by atoms with van der Waals surface area (Å²) in [4.78, 5) is 12.2. The van der Waals surface area contributed by atoms with Gasteiger partial charge in [-0.3, -0.25) is 4.79 Å². The largest absolute Gasteiger partial charge is 1.00 e. The fourth-order valence-corrected chi connectivity index (χ4v) is 2.40. The van der Waals surface area contributed by atoms with Crippen LogP contribution in [0, 0.1) is 13.8 Å². The molecule has 19 heavy (non-hydrogen) atoms. The van der Waals surface area contributed by atoms with E-state index in [4.69, 9.17) is 0 Å². The number of aryl methyl sites for hydroxylation is 2. The van der Waals surface area contributed by atoms with Crippen LogP contribution in [0.15, 0.2) is 47.2 Å². The van der Waals surface area contributed by atoms with Crippen LogP contribution in [0.4, 0.5) is 0 Å². The first-order chi connectivity index (χ1) is 8.54. The minimum Gasteiger partial charge on any atom is -1.00 e. The fraction of sp³-hybridized carbons (Fsp3) is 0.200. The van der Waals surface area contributed by atoms with Gasteiger partial charge < -0.3 is 17.0 Å². The normalized spacial score (nSPS) is 9.84. The SMILES string of the molecule is Cc1cc(C)cc(C(=O)C[n+]2cccc(Br)c2)c1.[Br-]. The van der Waals surface area contributed by atoms with Gasteiger partial charge in [0, 0.05) is 11.6 Å². The summed E-state index contributed by atoms with van der Waals surface area (Å²) in [5, 5.41) is 0. The van der Waals surface area contributed by atoms with Gasteiger partial charge in [0.1, 0.15) is 0 Å². The van der Waals surface area contributed by atoms with E-state index < -0.39 is 0 Å². The summed E-state index contributed by atoms with van der Waals surface area (Å²) in [5.41, 5.74) is 3.02. The molecule has 100 valence electrons. The predicted octanol–water partition coefficient (Wildman–Crippen LogP) is 0.240. The van der Waals surface area contributed by atoms with Crippen molar-refractivity contribution < 1.29 is 26.3 Å². The van der Waals surface area contributed by atoms with Crippen LogP contribution in [-0.4, -0.2) is 5.78 Å². The van der Waals surface area contributed by atoms with Crippen LogP contribution in [0.2, 0.25) is 0 Å². The zero-order chi connectivity index (χ0) is 13.1. The van der Waals surface area contributed by atoms with Crippen LogP contribution in [0.5, 0.6) is 0 Å². The average Bonchev–Trinajstić information content (AvgIpc) is 2.27. The van der Waals surface area contributed by atoms with Crippen LogP contribution < -0.4 is 21.5 Å². The van der Waals surface area contributed by atoms with Gasteiger partial charge in [0.25, 0.3) is 0 Å². The standard InChI is InChI=1S/C15H15BrNO.BrH/c1-11-6-12(2)8-13(7-11)15(18)10-17-5-3-4-14(16)9-17;/h3-9H,10H2,1-2H3;1H/q+1;/p-1. The fourth-order valence-electron chi connectivity index (χ4n) is 1.98. The van der Waals surface area contributed by atoms with E-state index in [1.165, 1.54) is 0 Å². The van der Waals surface area contributed by atoms with Gasteiger partial charge in [-0.15, -0.1) is 0 Å². The van der Waals surface area contributed by atoms with Gasteiger partial charge in [-0.25, -0.2) is 0 Å². The van der Waals surface area contributed by atoms with E-state index in [9.17, 15) is 4.79 Å². The Kier molecular flexibility index (Phi) is 5.88. The molecule has 1 heterocycles. The number of Topliss-reactive ketones (excluding diaryl/α,β-unsaturated/α-hetero) is 1. The molecule has 1 aromatic carbocycles. The van der Waals surface area contributed by atoms with Gasteiger partial charge in [0.2, 0.25) is 12.3 Å². The van der Waals surface area contributed by atoms with Crippen molar-refractivity contribution in [3.05, 3.63) is 63.9 Å². The number of benzene rings is 1. The molecule has 2 aromatic rings. The number of aromatic nitrogens is 1. The molecule has 2 nitrogen and oxygen atoms in total. The maximum absolute atomic E-state index is 12.2. The highest BCUT2D eigenvalue weighted by molar-refractivity contribution is 9.10. The van der Waals surface area contributed by atoms with Crippen molar-refractivity contribution in [1.82, 2.24) is 0 Å². The molecule has 0 aliphatic heterocycles. The Morgan fingerprint density at radius 1 is 1.21 bits per heavy atom. The number of nitrogens with zero attached hydrogens (tertiary/aromatic N) is 1. The molecule has 0 aliphatic carbocycles. The number of ketones is 1. The summed E-state index contributed by atoms with van der Waals surface area (Å²) >= 11 is 3.40. The van der Waals surface area contributed by atoms with Gasteiger partial charge in [-0.2, -0.15) is 4.57 Å². The molecule has 1 aromatic heterocycles. The Morgan fingerprint density at radius 2 is 1.84 bits per heavy atom. The summed E-state index contributed by atoms with van der Waals surface area (Å²) in [7, 11) is 0. The van der Waals surface area contributed by atoms with Gasteiger partial charge in [-0.05, 0) is 48.0 Å². The third-order valence-electron chi connectivity index (χ3n) is 2.69. The zero-order valence-corrected chi connectivity index (χ0v) is 14.0. The van der Waals surface area contributed by atoms with Crippen LogP contribution in [0.1, 0.15) is 21.5 Å². The molecule has 4 heteroatoms. The molecular weight excluding hydrogens is 370 g/mol. The first-order valence-corrected chi connectivity index (χ1v) is 6.60. The molecule has 2 rings (SSSR count). The molecule has 0 saturated carbocycles. The number of hydrogen-bond donors (Lipinski definition) is 0. The predicted molar refractivity (Wildman–Crippen MR) is 74.6 cm³/mol. The molecule has 0 radical (unpaired) electrons. The Balaban J connectivity index is 0.00000180. The quantitative estimate of drug-likeness (QED) is 0.548. The minimum atomic E-state index is 0. The van der Waals surface area contributed by atoms with E-state index >= 15 is 0 Å². The number of rotatable bonds is 3. The lowest BCUT2D eigenvalue weighted by Gasteiger charge is -2.02. The Labute approximate surface area is 132 Å². The average molecular weight is 385 g/mol. The van der Waals surface area contributed by atoms with E-state index in [2.05, 4.69) is 22.0 Å². The second kappa shape index (κ2) is 6.96. The van der Waals surface area contributed by atoms with E-state index in [-0.39, 0.29) is 22.8 Å². The van der Waals surface area contributed by atoms with Gasteiger partial charge >= 0.3 is 0 Å². The maximum atomic E-state index is 12.2. The van der Waals surface area contributed by atoms with Crippen molar-refractivity contribution in [3.63, 3.8) is 0 Å². The smallest absolute Gasteiger partial charge is 0.227 e. The van der Waals surface area contributed by atoms with Crippen molar-refractivity contribution in [2.75, 3.05) is 0 Å². The maximum Gasteiger partial charge on any atom is 0.227 e. The summed E-state index contributed by atoms with van der Waals surface area (Å²) in [6.45, 7) is 4.38. The second-order valence-electron chi connectivity index (χ2n) is 4.49. The molecular formula is C15H15Br2NO. The molecule has 0 aliphatic rings. The molecule has 0 spiro atoms. The van der Waals surface area contributed by atoms with Crippen LogP contribution in [0.3, 0.4) is 0 Å². The summed E-state index contributed by atoms with van der Waals surface area (Å²) in [6, 6.07) is 9.81. The highest BCUT2D eigenvalue weighted by Crippen LogP contribution is 2.10. The lowest BCUT2D eigenvalue weighted by atomic mass is 10.0. The lowest BCUT2D eigenvalue weighted by Crippen LogP contribution is -3.00. The zero-order valence-electron chi connectivity index (χ0n) is 10.9. The third-order valence-corrected chi connectivity index (χ3v) is 3.16. The van der Waals surface area contributed by atoms with Crippen LogP contribution in [-0.2, 0) is 6.54 Å². The number of hydrogen-bond acceptors (Lipinski definition) is 1. The van der Waals surface area contributed by atoms with Crippen molar-refractivity contribution in [2.45, 2.75) is 20.4 Å². The molecule has 0 fully saturated rings. The summed E-state index contributed by atoms with van der Waals surface area (Å²) in [6.07, 6.45) is 3.80. The lowest BCUT2D eigenvalue weighted by molar-refractivity contribution is -0.683. The number of pyridine rings is 1. The first-order valence-electron chi connectivity index (χ1n) is 5.81. The van der Waals surface area contributed by atoms with Crippen molar-refractivity contribution in [2.24, 2.45) is 0 Å². The molecule has 0 amide bonds. The van der Waals surface area contributed by atoms with E-state index in [0.29, 0.717) is 6.54 Å². The molecule has 0 bridgehead atoms. The first kappa shape index (κ1) is 16.1. The Bertz CT molecular complexity index is 576. The van der Waals surface area contributed by atoms with E-state index in [1.807, 2.05) is 55.1 Å². The summed E-state index contributed by atoms with van der Waals surface area (Å²) in [5.74, 6) is 0.130. The molecule has 0 unspecified atom stereocenters. The van der Waals surface area contributed by atoms with Crippen LogP contribution in [0.25, 0.3) is 0 Å². The molecule has 0 saturated heterocycles. The number of halogens is 2. The van der Waals surface area contributed by atoms with Gasteiger partial charge in [0.15, 0.2) is 12.4 Å². The summed E-state index contributed by atoms with van der Waals surface area (Å²) < 4.78 is 2.85. The monoisotopic (exact) mass is 383 g/mol. The highest BCUT2D eigenvalue weighted by Gasteiger charge is 2.12. The van der Waals surface area contributed by atoms with E-state index in [1.54, 1.807) is 0 Å². The highest BCUT2D eigenvalue weighted by atomic mass is 79.9. The third kappa shape index (κ3) is 4.55. The van der Waals surface area contributed by atoms with Gasteiger partial charge in [0.05, 0.1) is 4.47 Å².